The molecule has 0 aromatic carbocycles. The van der Waals surface area contributed by atoms with E-state index in [9.17, 15) is 45.6 Å². The van der Waals surface area contributed by atoms with Gasteiger partial charge in [-0.15, -0.1) is 0 Å². The third-order valence-corrected chi connectivity index (χ3v) is 14.0. The summed E-state index contributed by atoms with van der Waals surface area (Å²) in [5, 5.41) is 87.1. The van der Waals surface area contributed by atoms with Gasteiger partial charge in [-0.2, -0.15) is 0 Å². The minimum absolute atomic E-state index is 0.238. The lowest BCUT2D eigenvalue weighted by Crippen LogP contribution is -2.65. The van der Waals surface area contributed by atoms with Gasteiger partial charge in [0.05, 0.1) is 32.0 Å². The zero-order chi connectivity index (χ0) is 56.0. The van der Waals surface area contributed by atoms with Gasteiger partial charge < -0.3 is 65.1 Å². The average molecular weight is 1090 g/mol. The van der Waals surface area contributed by atoms with Gasteiger partial charge in [-0.1, -0.05) is 207 Å². The lowest BCUT2D eigenvalue weighted by molar-refractivity contribution is -0.359. The van der Waals surface area contributed by atoms with Crippen LogP contribution < -0.4 is 5.32 Å². The topological polar surface area (TPSA) is 228 Å². The Morgan fingerprint density at radius 1 is 0.481 bits per heavy atom. The largest absolute Gasteiger partial charge is 0.394 e. The molecule has 442 valence electrons. The van der Waals surface area contributed by atoms with Crippen molar-refractivity contribution in [3.8, 4) is 0 Å². The third kappa shape index (κ3) is 33.3. The normalized spacial score (nSPS) is 25.4. The zero-order valence-electron chi connectivity index (χ0n) is 47.4. The van der Waals surface area contributed by atoms with Crippen molar-refractivity contribution in [3.63, 3.8) is 0 Å². The minimum Gasteiger partial charge on any atom is -0.394 e. The highest BCUT2D eigenvalue weighted by Crippen LogP contribution is 2.30. The Morgan fingerprint density at radius 2 is 0.909 bits per heavy atom. The molecular formula is C63H107NO13. The lowest BCUT2D eigenvalue weighted by Gasteiger charge is -2.46. The Balaban J connectivity index is 1.81. The molecule has 0 aromatic rings. The number of aliphatic hydroxyl groups is 8. The summed E-state index contributed by atoms with van der Waals surface area (Å²) in [5.41, 5.74) is 0. The molecule has 12 unspecified atom stereocenters. The molecule has 12 atom stereocenters. The maximum Gasteiger partial charge on any atom is 0.220 e. The van der Waals surface area contributed by atoms with Crippen molar-refractivity contribution < 1.29 is 64.6 Å². The van der Waals surface area contributed by atoms with E-state index in [1.165, 1.54) is 89.9 Å². The van der Waals surface area contributed by atoms with Crippen LogP contribution in [0.15, 0.2) is 97.2 Å². The molecule has 0 aliphatic carbocycles. The van der Waals surface area contributed by atoms with E-state index in [0.29, 0.717) is 12.8 Å². The van der Waals surface area contributed by atoms with Crippen molar-refractivity contribution in [2.24, 2.45) is 0 Å². The van der Waals surface area contributed by atoms with Crippen molar-refractivity contribution in [2.45, 2.75) is 274 Å². The second kappa shape index (κ2) is 47.7. The number of hydrogen-bond donors (Lipinski definition) is 9. The number of unbranched alkanes of at least 4 members (excludes halogenated alkanes) is 19. The van der Waals surface area contributed by atoms with Gasteiger partial charge in [-0.05, 0) is 83.5 Å². The fourth-order valence-electron chi connectivity index (χ4n) is 9.19. The molecule has 14 nitrogen and oxygen atoms in total. The number of rotatable bonds is 46. The zero-order valence-corrected chi connectivity index (χ0v) is 47.4. The first kappa shape index (κ1) is 70.0. The molecule has 14 heteroatoms. The second-order valence-corrected chi connectivity index (χ2v) is 20.7. The smallest absolute Gasteiger partial charge is 0.220 e. The summed E-state index contributed by atoms with van der Waals surface area (Å²) in [5.74, 6) is -0.277. The number of carbonyl (C=O) groups is 1. The van der Waals surface area contributed by atoms with E-state index >= 15 is 0 Å². The van der Waals surface area contributed by atoms with Crippen molar-refractivity contribution in [3.05, 3.63) is 97.2 Å². The van der Waals surface area contributed by atoms with Gasteiger partial charge in [0, 0.05) is 6.42 Å². The molecule has 2 aliphatic heterocycles. The van der Waals surface area contributed by atoms with Crippen molar-refractivity contribution in [2.75, 3.05) is 19.8 Å². The first-order valence-corrected chi connectivity index (χ1v) is 30.0. The summed E-state index contributed by atoms with van der Waals surface area (Å²) in [6.07, 6.45) is 48.7. The molecule has 0 radical (unpaired) electrons. The number of carbonyl (C=O) groups excluding carboxylic acids is 1. The van der Waals surface area contributed by atoms with Crippen LogP contribution in [0.3, 0.4) is 0 Å². The molecule has 2 heterocycles. The van der Waals surface area contributed by atoms with Crippen LogP contribution in [-0.2, 0) is 23.7 Å². The fraction of sp³-hybridized carbons (Fsp3) is 0.730. The molecule has 0 bridgehead atoms. The second-order valence-electron chi connectivity index (χ2n) is 20.7. The summed E-state index contributed by atoms with van der Waals surface area (Å²) in [6, 6.07) is -0.952. The van der Waals surface area contributed by atoms with Gasteiger partial charge >= 0.3 is 0 Å². The molecular weight excluding hydrogens is 979 g/mol. The number of aliphatic hydroxyl groups excluding tert-OH is 8. The summed E-state index contributed by atoms with van der Waals surface area (Å²) in [6.45, 7) is 2.64. The van der Waals surface area contributed by atoms with E-state index in [-0.39, 0.29) is 18.9 Å². The Bertz CT molecular complexity index is 1660. The Labute approximate surface area is 464 Å². The molecule has 2 fully saturated rings. The lowest BCUT2D eigenvalue weighted by atomic mass is 9.97. The fourth-order valence-corrected chi connectivity index (χ4v) is 9.19. The summed E-state index contributed by atoms with van der Waals surface area (Å²) in [7, 11) is 0. The minimum atomic E-state index is -1.80. The maximum atomic E-state index is 13.3. The quantitative estimate of drug-likeness (QED) is 0.0205. The van der Waals surface area contributed by atoms with E-state index in [4.69, 9.17) is 18.9 Å². The molecule has 0 spiro atoms. The van der Waals surface area contributed by atoms with Crippen molar-refractivity contribution >= 4 is 5.91 Å². The van der Waals surface area contributed by atoms with Crippen LogP contribution in [0.1, 0.15) is 200 Å². The molecule has 2 aliphatic rings. The first-order chi connectivity index (χ1) is 37.6. The summed E-state index contributed by atoms with van der Waals surface area (Å²) >= 11 is 0. The Morgan fingerprint density at radius 3 is 1.43 bits per heavy atom. The Kier molecular flexibility index (Phi) is 43.4. The SMILES string of the molecule is CC/C=C\C/C=C\C/C=C\C/C=C\C/C=C\C/C=C\CCCCCCC(=O)NC(COC1OC(CO)C(OC2OC(CO)C(O)C(O)C2O)C(O)C1O)C(O)/C=C/CC/C=C/CCCCCCCCCCCCCCCC. The van der Waals surface area contributed by atoms with Crippen LogP contribution in [0.2, 0.25) is 0 Å². The number of ether oxygens (including phenoxy) is 4. The number of hydrogen-bond acceptors (Lipinski definition) is 13. The summed E-state index contributed by atoms with van der Waals surface area (Å²) < 4.78 is 22.7. The molecule has 2 rings (SSSR count). The van der Waals surface area contributed by atoms with Gasteiger partial charge in [-0.25, -0.2) is 0 Å². The molecule has 2 saturated heterocycles. The van der Waals surface area contributed by atoms with Crippen molar-refractivity contribution in [1.29, 1.82) is 0 Å². The van der Waals surface area contributed by atoms with E-state index in [0.717, 1.165) is 77.0 Å². The third-order valence-electron chi connectivity index (χ3n) is 14.0. The van der Waals surface area contributed by atoms with Gasteiger partial charge in [-0.3, -0.25) is 4.79 Å². The number of amides is 1. The highest BCUT2D eigenvalue weighted by molar-refractivity contribution is 5.76. The van der Waals surface area contributed by atoms with E-state index < -0.39 is 86.8 Å². The number of allylic oxidation sites excluding steroid dienone is 15. The molecule has 0 aromatic heterocycles. The van der Waals surface area contributed by atoms with Crippen LogP contribution in [0.25, 0.3) is 0 Å². The Hall–Kier alpha value is -3.09. The van der Waals surface area contributed by atoms with Gasteiger partial charge in [0.2, 0.25) is 5.91 Å². The van der Waals surface area contributed by atoms with Gasteiger partial charge in [0.1, 0.15) is 48.8 Å². The van der Waals surface area contributed by atoms with E-state index in [1.807, 2.05) is 6.08 Å². The van der Waals surface area contributed by atoms with E-state index in [1.54, 1.807) is 6.08 Å². The van der Waals surface area contributed by atoms with Crippen LogP contribution in [-0.4, -0.2) is 140 Å². The van der Waals surface area contributed by atoms with Crippen LogP contribution in [0, 0.1) is 0 Å². The molecule has 1 amide bonds. The predicted octanol–water partition coefficient (Wildman–Crippen LogP) is 10.3. The average Bonchev–Trinajstić information content (AvgIpc) is 3.44. The standard InChI is InChI=1S/C63H107NO13/c1-3-5-7-9-11-13-15-17-19-21-23-25-26-27-29-31-33-35-37-39-41-43-45-47-55(68)64-51(52(67)46-44-42-40-38-36-34-32-30-28-24-22-20-18-16-14-12-10-8-6-4-2)50-74-62-60(73)58(71)61(54(49-66)76-62)77-63-59(72)57(70)56(69)53(48-65)75-63/h5,7,11,13,17,19,23,25,27,29,33,35-36,38,44,46,51-54,56-63,65-67,69-73H,3-4,6,8-10,12,14-16,18,20-22,24,26,28,30-32,34,37,39-43,45,47-50H2,1-2H3,(H,64,68)/b7-5-,13-11-,19-17-,25-23-,29-27-,35-33-,38-36+,46-44+. The molecule has 77 heavy (non-hydrogen) atoms. The van der Waals surface area contributed by atoms with Crippen molar-refractivity contribution in [1.82, 2.24) is 5.32 Å². The maximum absolute atomic E-state index is 13.3. The van der Waals surface area contributed by atoms with Gasteiger partial charge in [0.15, 0.2) is 12.6 Å². The summed E-state index contributed by atoms with van der Waals surface area (Å²) in [4.78, 5) is 13.3. The molecule has 9 N–H and O–H groups in total. The van der Waals surface area contributed by atoms with Gasteiger partial charge in [0.25, 0.3) is 0 Å². The first-order valence-electron chi connectivity index (χ1n) is 30.0. The van der Waals surface area contributed by atoms with Crippen LogP contribution in [0.4, 0.5) is 0 Å². The van der Waals surface area contributed by atoms with Crippen LogP contribution in [0.5, 0.6) is 0 Å². The predicted molar refractivity (Wildman–Crippen MR) is 309 cm³/mol. The number of nitrogens with one attached hydrogen (secondary N) is 1. The molecule has 0 saturated carbocycles. The highest BCUT2D eigenvalue weighted by Gasteiger charge is 2.51. The van der Waals surface area contributed by atoms with E-state index in [2.05, 4.69) is 104 Å². The monoisotopic (exact) mass is 1090 g/mol. The highest BCUT2D eigenvalue weighted by atomic mass is 16.7. The van der Waals surface area contributed by atoms with Crippen LogP contribution >= 0.6 is 0 Å².